The molecule has 1 aromatic rings. The Bertz CT molecular complexity index is 515. The first kappa shape index (κ1) is 13.9. The van der Waals surface area contributed by atoms with Gasteiger partial charge in [-0.3, -0.25) is 0 Å². The molecule has 4 nitrogen and oxygen atoms in total. The van der Waals surface area contributed by atoms with Crippen molar-refractivity contribution in [3.63, 3.8) is 0 Å². The number of guanidine groups is 1. The van der Waals surface area contributed by atoms with Crippen molar-refractivity contribution in [2.45, 2.75) is 38.1 Å². The summed E-state index contributed by atoms with van der Waals surface area (Å²) in [6, 6.07) is 7.68. The Morgan fingerprint density at radius 3 is 2.26 bits per heavy atom. The quantitative estimate of drug-likeness (QED) is 0.892. The summed E-state index contributed by atoms with van der Waals surface area (Å²) in [5, 5.41) is 0.705. The van der Waals surface area contributed by atoms with Gasteiger partial charge in [0, 0.05) is 5.02 Å². The number of rotatable bonds is 3. The average Bonchev–Trinajstić information content (AvgIpc) is 2.39. The highest BCUT2D eigenvalue weighted by molar-refractivity contribution is 6.30. The van der Waals surface area contributed by atoms with E-state index in [9.17, 15) is 0 Å². The predicted molar refractivity (Wildman–Crippen MR) is 80.8 cm³/mol. The lowest BCUT2D eigenvalue weighted by Gasteiger charge is -2.38. The van der Waals surface area contributed by atoms with Gasteiger partial charge in [0.2, 0.25) is 5.96 Å². The monoisotopic (exact) mass is 278 g/mol. The molecule has 0 aliphatic carbocycles. The van der Waals surface area contributed by atoms with E-state index in [1.54, 1.807) is 0 Å². The largest absolute Gasteiger partial charge is 0.386 e. The highest BCUT2D eigenvalue weighted by Gasteiger charge is 2.41. The van der Waals surface area contributed by atoms with Gasteiger partial charge < -0.3 is 11.5 Å². The van der Waals surface area contributed by atoms with E-state index in [1.165, 1.54) is 0 Å². The maximum absolute atomic E-state index is 6.12. The minimum absolute atomic E-state index is 0.0490. The second-order valence-electron chi connectivity index (χ2n) is 4.80. The first-order chi connectivity index (χ1) is 9.02. The van der Waals surface area contributed by atoms with Crippen molar-refractivity contribution in [3.8, 4) is 0 Å². The van der Waals surface area contributed by atoms with Crippen molar-refractivity contribution >= 4 is 23.4 Å². The van der Waals surface area contributed by atoms with Gasteiger partial charge in [0.05, 0.1) is 11.5 Å². The zero-order chi connectivity index (χ0) is 14.0. The molecule has 0 saturated heterocycles. The maximum atomic E-state index is 6.12. The third-order valence-electron chi connectivity index (χ3n) is 3.84. The molecule has 1 aliphatic rings. The van der Waals surface area contributed by atoms with Crippen molar-refractivity contribution in [2.75, 3.05) is 0 Å². The SMILES string of the molecule is CCC1(CC)N=C(N)N=C(N)C1c1ccc(Cl)cc1. The molecule has 0 spiro atoms. The Morgan fingerprint density at radius 1 is 1.16 bits per heavy atom. The zero-order valence-corrected chi connectivity index (χ0v) is 12.0. The topological polar surface area (TPSA) is 76.8 Å². The predicted octanol–water partition coefficient (Wildman–Crippen LogP) is 2.67. The van der Waals surface area contributed by atoms with Gasteiger partial charge in [0.15, 0.2) is 0 Å². The lowest BCUT2D eigenvalue weighted by molar-refractivity contribution is 0.368. The van der Waals surface area contributed by atoms with Gasteiger partial charge in [-0.05, 0) is 30.5 Å². The highest BCUT2D eigenvalue weighted by atomic mass is 35.5. The second-order valence-corrected chi connectivity index (χ2v) is 5.24. The van der Waals surface area contributed by atoms with Crippen molar-refractivity contribution < 1.29 is 0 Å². The van der Waals surface area contributed by atoms with Crippen LogP contribution in [-0.2, 0) is 0 Å². The fourth-order valence-corrected chi connectivity index (χ4v) is 2.87. The van der Waals surface area contributed by atoms with Crippen LogP contribution in [0.1, 0.15) is 38.2 Å². The Balaban J connectivity index is 2.52. The zero-order valence-electron chi connectivity index (χ0n) is 11.2. The van der Waals surface area contributed by atoms with E-state index in [-0.39, 0.29) is 17.4 Å². The van der Waals surface area contributed by atoms with E-state index in [1.807, 2.05) is 24.3 Å². The van der Waals surface area contributed by atoms with Crippen LogP contribution in [0.2, 0.25) is 5.02 Å². The van der Waals surface area contributed by atoms with Crippen LogP contribution in [0.25, 0.3) is 0 Å². The lowest BCUT2D eigenvalue weighted by Crippen LogP contribution is -2.46. The van der Waals surface area contributed by atoms with E-state index in [2.05, 4.69) is 23.8 Å². The molecule has 4 N–H and O–H groups in total. The fraction of sp³-hybridized carbons (Fsp3) is 0.429. The first-order valence-electron chi connectivity index (χ1n) is 6.47. The fourth-order valence-electron chi connectivity index (χ4n) is 2.74. The summed E-state index contributed by atoms with van der Waals surface area (Å²) in [5.41, 5.74) is 12.7. The molecule has 0 saturated carbocycles. The van der Waals surface area contributed by atoms with Gasteiger partial charge in [0.1, 0.15) is 5.84 Å². The van der Waals surface area contributed by atoms with Gasteiger partial charge in [-0.1, -0.05) is 37.6 Å². The normalized spacial score (nSPS) is 21.7. The number of aliphatic imine (C=N–C) groups is 2. The Morgan fingerprint density at radius 2 is 1.74 bits per heavy atom. The van der Waals surface area contributed by atoms with Crippen LogP contribution in [0, 0.1) is 0 Å². The van der Waals surface area contributed by atoms with Crippen LogP contribution in [-0.4, -0.2) is 17.3 Å². The van der Waals surface area contributed by atoms with E-state index in [4.69, 9.17) is 23.1 Å². The molecule has 2 rings (SSSR count). The molecule has 102 valence electrons. The molecule has 0 amide bonds. The third kappa shape index (κ3) is 2.45. The maximum Gasteiger partial charge on any atom is 0.217 e. The highest BCUT2D eigenvalue weighted by Crippen LogP contribution is 2.39. The van der Waals surface area contributed by atoms with Crippen LogP contribution < -0.4 is 11.5 Å². The summed E-state index contributed by atoms with van der Waals surface area (Å²) >= 11 is 5.94. The van der Waals surface area contributed by atoms with Gasteiger partial charge in [0.25, 0.3) is 0 Å². The molecule has 1 atom stereocenters. The molecule has 1 aliphatic heterocycles. The molecule has 0 aromatic heterocycles. The van der Waals surface area contributed by atoms with E-state index < -0.39 is 0 Å². The minimum atomic E-state index is -0.316. The Hall–Kier alpha value is -1.55. The van der Waals surface area contributed by atoms with Crippen molar-refractivity contribution in [2.24, 2.45) is 21.5 Å². The van der Waals surface area contributed by atoms with Crippen LogP contribution >= 0.6 is 11.6 Å². The molecule has 0 bridgehead atoms. The van der Waals surface area contributed by atoms with Gasteiger partial charge in [-0.2, -0.15) is 0 Å². The molecule has 1 heterocycles. The molecular weight excluding hydrogens is 260 g/mol. The number of hydrogen-bond acceptors (Lipinski definition) is 4. The Kier molecular flexibility index (Phi) is 3.80. The molecular formula is C14H19ClN4. The van der Waals surface area contributed by atoms with E-state index in [0.29, 0.717) is 10.9 Å². The van der Waals surface area contributed by atoms with Gasteiger partial charge >= 0.3 is 0 Å². The number of hydrogen-bond donors (Lipinski definition) is 2. The summed E-state index contributed by atoms with van der Waals surface area (Å²) in [6.07, 6.45) is 1.71. The van der Waals surface area contributed by atoms with Crippen LogP contribution in [0.15, 0.2) is 34.3 Å². The molecule has 0 radical (unpaired) electrons. The van der Waals surface area contributed by atoms with Gasteiger partial charge in [-0.25, -0.2) is 9.98 Å². The number of halogens is 1. The van der Waals surface area contributed by atoms with E-state index in [0.717, 1.165) is 18.4 Å². The third-order valence-corrected chi connectivity index (χ3v) is 4.09. The molecule has 1 unspecified atom stereocenters. The number of nitrogens with zero attached hydrogens (tertiary/aromatic N) is 2. The summed E-state index contributed by atoms with van der Waals surface area (Å²) in [6.45, 7) is 4.20. The van der Waals surface area contributed by atoms with Gasteiger partial charge in [-0.15, -0.1) is 0 Å². The summed E-state index contributed by atoms with van der Waals surface area (Å²) in [4.78, 5) is 8.72. The van der Waals surface area contributed by atoms with Crippen LogP contribution in [0.5, 0.6) is 0 Å². The van der Waals surface area contributed by atoms with Crippen LogP contribution in [0.4, 0.5) is 0 Å². The van der Waals surface area contributed by atoms with Crippen molar-refractivity contribution in [1.82, 2.24) is 0 Å². The number of amidine groups is 1. The van der Waals surface area contributed by atoms with Crippen LogP contribution in [0.3, 0.4) is 0 Å². The minimum Gasteiger partial charge on any atom is -0.386 e. The van der Waals surface area contributed by atoms with Crippen molar-refractivity contribution in [3.05, 3.63) is 34.9 Å². The van der Waals surface area contributed by atoms with Crippen molar-refractivity contribution in [1.29, 1.82) is 0 Å². The summed E-state index contributed by atoms with van der Waals surface area (Å²) in [7, 11) is 0. The molecule has 1 aromatic carbocycles. The molecule has 19 heavy (non-hydrogen) atoms. The average molecular weight is 279 g/mol. The second kappa shape index (κ2) is 5.21. The van der Waals surface area contributed by atoms with E-state index >= 15 is 0 Å². The lowest BCUT2D eigenvalue weighted by atomic mass is 9.74. The first-order valence-corrected chi connectivity index (χ1v) is 6.85. The summed E-state index contributed by atoms with van der Waals surface area (Å²) < 4.78 is 0. The number of nitrogens with two attached hydrogens (primary N) is 2. The standard InChI is InChI=1S/C14H19ClN4/c1-3-14(4-2)11(12(16)18-13(17)19-14)9-5-7-10(15)8-6-9/h5-8,11H,3-4H2,1-2H3,(H4,16,17,18,19). The Labute approximate surface area is 118 Å². The smallest absolute Gasteiger partial charge is 0.217 e. The molecule has 5 heteroatoms. The number of benzene rings is 1. The molecule has 0 fully saturated rings. The summed E-state index contributed by atoms with van der Waals surface area (Å²) in [5.74, 6) is 0.747.